The molecule has 0 atom stereocenters. The molecule has 0 saturated heterocycles. The van der Waals surface area contributed by atoms with Gasteiger partial charge in [-0.3, -0.25) is 4.98 Å². The number of nitrogens with two attached hydrogens (primary N) is 1. The van der Waals surface area contributed by atoms with Gasteiger partial charge in [-0.2, -0.15) is 0 Å². The number of hydrogen-bond donors (Lipinski definition) is 1. The summed E-state index contributed by atoms with van der Waals surface area (Å²) in [6, 6.07) is 9.62. The number of pyridine rings is 1. The summed E-state index contributed by atoms with van der Waals surface area (Å²) >= 11 is 0. The van der Waals surface area contributed by atoms with E-state index in [2.05, 4.69) is 11.9 Å². The van der Waals surface area contributed by atoms with Crippen LogP contribution in [0.2, 0.25) is 0 Å². The van der Waals surface area contributed by atoms with E-state index in [1.54, 1.807) is 0 Å². The fraction of sp³-hybridized carbons (Fsp3) is 0.267. The fourth-order valence-corrected chi connectivity index (χ4v) is 1.91. The van der Waals surface area contributed by atoms with Gasteiger partial charge in [-0.25, -0.2) is 0 Å². The molecule has 0 unspecified atom stereocenters. The van der Waals surface area contributed by atoms with E-state index in [9.17, 15) is 0 Å². The van der Waals surface area contributed by atoms with Crippen LogP contribution in [0.15, 0.2) is 30.3 Å². The molecule has 1 aromatic heterocycles. The maximum Gasteiger partial charge on any atom is 0.148 e. The summed E-state index contributed by atoms with van der Waals surface area (Å²) in [5.74, 6) is 1.56. The van der Waals surface area contributed by atoms with Gasteiger partial charge in [0.2, 0.25) is 0 Å². The largest absolute Gasteiger partial charge is 0.455 e. The van der Waals surface area contributed by atoms with Crippen molar-refractivity contribution >= 4 is 5.69 Å². The van der Waals surface area contributed by atoms with Crippen LogP contribution in [0.25, 0.3) is 0 Å². The molecular formula is C15H18N2O. The van der Waals surface area contributed by atoms with Gasteiger partial charge in [0.25, 0.3) is 0 Å². The average Bonchev–Trinajstić information content (AvgIpc) is 2.30. The lowest BCUT2D eigenvalue weighted by molar-refractivity contribution is 0.472. The van der Waals surface area contributed by atoms with Crippen LogP contribution in [0.3, 0.4) is 0 Å². The highest BCUT2D eigenvalue weighted by Crippen LogP contribution is 2.27. The Morgan fingerprint density at radius 2 is 1.94 bits per heavy atom. The first-order valence-electron chi connectivity index (χ1n) is 6.10. The van der Waals surface area contributed by atoms with Gasteiger partial charge >= 0.3 is 0 Å². The summed E-state index contributed by atoms with van der Waals surface area (Å²) in [6.07, 6.45) is 0.846. The van der Waals surface area contributed by atoms with Crippen LogP contribution in [0.1, 0.15) is 23.9 Å². The number of ether oxygens (including phenoxy) is 1. The molecule has 0 saturated carbocycles. The van der Waals surface area contributed by atoms with E-state index in [-0.39, 0.29) is 0 Å². The molecule has 2 rings (SSSR count). The van der Waals surface area contributed by atoms with Crippen molar-refractivity contribution in [1.82, 2.24) is 4.98 Å². The molecule has 1 heterocycles. The van der Waals surface area contributed by atoms with E-state index in [1.807, 2.05) is 44.2 Å². The first-order valence-corrected chi connectivity index (χ1v) is 6.10. The highest BCUT2D eigenvalue weighted by atomic mass is 16.5. The molecule has 94 valence electrons. The Morgan fingerprint density at radius 3 is 2.61 bits per heavy atom. The van der Waals surface area contributed by atoms with Crippen LogP contribution in [0.4, 0.5) is 5.69 Å². The molecule has 0 radical (unpaired) electrons. The maximum absolute atomic E-state index is 5.87. The van der Waals surface area contributed by atoms with Crippen molar-refractivity contribution < 1.29 is 4.74 Å². The molecule has 1 aromatic carbocycles. The number of anilines is 1. The molecule has 0 amide bonds. The lowest BCUT2D eigenvalue weighted by Crippen LogP contribution is -1.96. The predicted molar refractivity (Wildman–Crippen MR) is 74.0 cm³/mol. The average molecular weight is 242 g/mol. The Bertz CT molecular complexity index is 544. The number of aryl methyl sites for hydroxylation is 3. The summed E-state index contributed by atoms with van der Waals surface area (Å²) in [5, 5.41) is 0. The summed E-state index contributed by atoms with van der Waals surface area (Å²) in [6.45, 7) is 6.05. The summed E-state index contributed by atoms with van der Waals surface area (Å²) in [7, 11) is 0. The molecule has 0 bridgehead atoms. The Balaban J connectivity index is 2.33. The third-order valence-corrected chi connectivity index (χ3v) is 2.71. The van der Waals surface area contributed by atoms with Crippen LogP contribution in [0.5, 0.6) is 11.5 Å². The lowest BCUT2D eigenvalue weighted by atomic mass is 10.2. The SMILES string of the molecule is CCc1nc(C)ccc1Oc1cc(C)cc(N)c1. The third kappa shape index (κ3) is 2.80. The quantitative estimate of drug-likeness (QED) is 0.836. The Hall–Kier alpha value is -2.03. The molecule has 0 aliphatic heterocycles. The molecule has 0 aliphatic carbocycles. The van der Waals surface area contributed by atoms with Crippen molar-refractivity contribution in [2.45, 2.75) is 27.2 Å². The molecule has 0 spiro atoms. The maximum atomic E-state index is 5.87. The standard InChI is InChI=1S/C15H18N2O/c1-4-14-15(6-5-11(3)17-14)18-13-8-10(2)7-12(16)9-13/h5-9H,4,16H2,1-3H3. The van der Waals surface area contributed by atoms with Crippen LogP contribution in [0, 0.1) is 13.8 Å². The fourth-order valence-electron chi connectivity index (χ4n) is 1.91. The number of nitrogens with zero attached hydrogens (tertiary/aromatic N) is 1. The van der Waals surface area contributed by atoms with E-state index in [1.165, 1.54) is 0 Å². The van der Waals surface area contributed by atoms with Gasteiger partial charge < -0.3 is 10.5 Å². The van der Waals surface area contributed by atoms with Crippen molar-refractivity contribution in [1.29, 1.82) is 0 Å². The molecule has 3 nitrogen and oxygen atoms in total. The Morgan fingerprint density at radius 1 is 1.17 bits per heavy atom. The smallest absolute Gasteiger partial charge is 0.148 e. The van der Waals surface area contributed by atoms with Gasteiger partial charge in [-0.1, -0.05) is 6.92 Å². The molecular weight excluding hydrogens is 224 g/mol. The van der Waals surface area contributed by atoms with Gasteiger partial charge in [0.15, 0.2) is 0 Å². The number of benzene rings is 1. The van der Waals surface area contributed by atoms with Crippen molar-refractivity contribution in [3.63, 3.8) is 0 Å². The first-order chi connectivity index (χ1) is 8.58. The lowest BCUT2D eigenvalue weighted by Gasteiger charge is -2.11. The molecule has 0 fully saturated rings. The van der Waals surface area contributed by atoms with Crippen molar-refractivity contribution in [2.75, 3.05) is 5.73 Å². The summed E-state index contributed by atoms with van der Waals surface area (Å²) in [5.41, 5.74) is 9.58. The highest BCUT2D eigenvalue weighted by molar-refractivity contribution is 5.48. The highest BCUT2D eigenvalue weighted by Gasteiger charge is 2.06. The van der Waals surface area contributed by atoms with E-state index < -0.39 is 0 Å². The van der Waals surface area contributed by atoms with Gasteiger partial charge in [-0.05, 0) is 50.1 Å². The topological polar surface area (TPSA) is 48.1 Å². The molecule has 0 aliphatic rings. The molecule has 18 heavy (non-hydrogen) atoms. The van der Waals surface area contributed by atoms with E-state index in [0.717, 1.165) is 34.9 Å². The Kier molecular flexibility index (Phi) is 3.51. The van der Waals surface area contributed by atoms with Crippen LogP contribution < -0.4 is 10.5 Å². The zero-order chi connectivity index (χ0) is 13.1. The van der Waals surface area contributed by atoms with Crippen molar-refractivity contribution in [3.05, 3.63) is 47.3 Å². The normalized spacial score (nSPS) is 10.4. The number of rotatable bonds is 3. The van der Waals surface area contributed by atoms with Crippen molar-refractivity contribution in [3.8, 4) is 11.5 Å². The van der Waals surface area contributed by atoms with E-state index >= 15 is 0 Å². The molecule has 2 N–H and O–H groups in total. The van der Waals surface area contributed by atoms with E-state index in [4.69, 9.17) is 10.5 Å². The summed E-state index contributed by atoms with van der Waals surface area (Å²) in [4.78, 5) is 4.48. The van der Waals surface area contributed by atoms with E-state index in [0.29, 0.717) is 5.69 Å². The number of aromatic nitrogens is 1. The second-order valence-electron chi connectivity index (χ2n) is 4.43. The molecule has 3 heteroatoms. The minimum atomic E-state index is 0.711. The van der Waals surface area contributed by atoms with Crippen LogP contribution in [-0.2, 0) is 6.42 Å². The van der Waals surface area contributed by atoms with Crippen molar-refractivity contribution in [2.24, 2.45) is 0 Å². The second kappa shape index (κ2) is 5.08. The molecule has 2 aromatic rings. The Labute approximate surface area is 108 Å². The minimum Gasteiger partial charge on any atom is -0.455 e. The number of nitrogen functional groups attached to an aromatic ring is 1. The van der Waals surface area contributed by atoms with Crippen LogP contribution in [-0.4, -0.2) is 4.98 Å². The minimum absolute atomic E-state index is 0.711. The zero-order valence-corrected chi connectivity index (χ0v) is 11.0. The van der Waals surface area contributed by atoms with Gasteiger partial charge in [-0.15, -0.1) is 0 Å². The van der Waals surface area contributed by atoms with Gasteiger partial charge in [0.05, 0.1) is 5.69 Å². The first kappa shape index (κ1) is 12.4. The van der Waals surface area contributed by atoms with Gasteiger partial charge in [0, 0.05) is 17.4 Å². The van der Waals surface area contributed by atoms with Crippen LogP contribution >= 0.6 is 0 Å². The monoisotopic (exact) mass is 242 g/mol. The predicted octanol–water partition coefficient (Wildman–Crippen LogP) is 3.64. The number of hydrogen-bond acceptors (Lipinski definition) is 3. The second-order valence-corrected chi connectivity index (χ2v) is 4.43. The van der Waals surface area contributed by atoms with Gasteiger partial charge in [0.1, 0.15) is 11.5 Å². The summed E-state index contributed by atoms with van der Waals surface area (Å²) < 4.78 is 5.87. The zero-order valence-electron chi connectivity index (χ0n) is 11.0. The third-order valence-electron chi connectivity index (χ3n) is 2.71.